The van der Waals surface area contributed by atoms with E-state index in [1.165, 1.54) is 44.9 Å². The molecular weight excluding hydrogens is 484 g/mol. The van der Waals surface area contributed by atoms with Crippen molar-refractivity contribution in [2.75, 3.05) is 18.5 Å². The molecule has 0 saturated heterocycles. The quantitative estimate of drug-likeness (QED) is 0.162. The van der Waals surface area contributed by atoms with Crippen LogP contribution in [-0.2, 0) is 19.2 Å². The fourth-order valence-corrected chi connectivity index (χ4v) is 6.54. The molecule has 0 heterocycles. The van der Waals surface area contributed by atoms with E-state index in [2.05, 4.69) is 17.7 Å². The molecule has 212 valence electrons. The first kappa shape index (κ1) is 29.9. The molecule has 0 aliphatic heterocycles. The van der Waals surface area contributed by atoms with E-state index >= 15 is 0 Å². The number of carboxylic acids is 1. The van der Waals surface area contributed by atoms with Crippen LogP contribution in [0, 0.1) is 17.3 Å². The maximum absolute atomic E-state index is 12.3. The summed E-state index contributed by atoms with van der Waals surface area (Å²) in [6, 6.07) is 7.10. The molecule has 8 nitrogen and oxygen atoms in total. The van der Waals surface area contributed by atoms with Gasteiger partial charge in [0.05, 0.1) is 13.2 Å². The number of amides is 2. The third-order valence-corrected chi connectivity index (χ3v) is 8.53. The van der Waals surface area contributed by atoms with Crippen molar-refractivity contribution in [2.24, 2.45) is 17.3 Å². The molecule has 2 unspecified atom stereocenters. The van der Waals surface area contributed by atoms with Gasteiger partial charge >= 0.3 is 5.97 Å². The van der Waals surface area contributed by atoms with Gasteiger partial charge in [0.25, 0.3) is 0 Å². The molecule has 3 atom stereocenters. The van der Waals surface area contributed by atoms with E-state index < -0.39 is 5.97 Å². The minimum absolute atomic E-state index is 0.0582. The highest BCUT2D eigenvalue weighted by atomic mass is 16.7. The average molecular weight is 531 g/mol. The number of unbranched alkanes of at least 4 members (excludes halogenated alkanes) is 3. The Kier molecular flexibility index (Phi) is 12.4. The number of anilines is 1. The summed E-state index contributed by atoms with van der Waals surface area (Å²) in [5, 5.41) is 11.6. The Bertz CT molecular complexity index is 906. The van der Waals surface area contributed by atoms with Crippen LogP contribution < -0.4 is 15.5 Å². The van der Waals surface area contributed by atoms with Crippen molar-refractivity contribution >= 4 is 23.5 Å². The number of hydrogen-bond acceptors (Lipinski definition) is 5. The predicted octanol–water partition coefficient (Wildman–Crippen LogP) is 6.25. The van der Waals surface area contributed by atoms with Crippen LogP contribution in [0.3, 0.4) is 0 Å². The van der Waals surface area contributed by atoms with Crippen LogP contribution in [0.5, 0.6) is 5.75 Å². The van der Waals surface area contributed by atoms with Crippen LogP contribution in [0.4, 0.5) is 5.69 Å². The molecule has 2 amide bonds. The van der Waals surface area contributed by atoms with Crippen molar-refractivity contribution in [1.29, 1.82) is 0 Å². The van der Waals surface area contributed by atoms with E-state index in [9.17, 15) is 14.4 Å². The third-order valence-electron chi connectivity index (χ3n) is 8.53. The number of hydroxylamine groups is 1. The Morgan fingerprint density at radius 1 is 0.974 bits per heavy atom. The van der Waals surface area contributed by atoms with Crippen LogP contribution >= 0.6 is 0 Å². The predicted molar refractivity (Wildman–Crippen MR) is 147 cm³/mol. The number of hydrogen-bond donors (Lipinski definition) is 3. The lowest BCUT2D eigenvalue weighted by Gasteiger charge is -2.45. The second kappa shape index (κ2) is 15.7. The molecule has 0 aromatic heterocycles. The van der Waals surface area contributed by atoms with E-state index in [0.29, 0.717) is 55.2 Å². The molecule has 2 aliphatic carbocycles. The summed E-state index contributed by atoms with van der Waals surface area (Å²) in [6.45, 7) is 3.26. The number of benzene rings is 1. The molecule has 2 fully saturated rings. The maximum atomic E-state index is 12.3. The summed E-state index contributed by atoms with van der Waals surface area (Å²) in [5.41, 5.74) is 3.76. The zero-order valence-electron chi connectivity index (χ0n) is 23.0. The number of ether oxygens (including phenoxy) is 1. The topological polar surface area (TPSA) is 114 Å². The zero-order valence-corrected chi connectivity index (χ0v) is 23.0. The van der Waals surface area contributed by atoms with Gasteiger partial charge in [0.1, 0.15) is 5.75 Å². The Balaban J connectivity index is 1.22. The fraction of sp³-hybridized carbons (Fsp3) is 0.700. The van der Waals surface area contributed by atoms with Crippen LogP contribution in [0.15, 0.2) is 24.3 Å². The lowest BCUT2D eigenvalue weighted by Crippen LogP contribution is -2.41. The largest absolute Gasteiger partial charge is 0.494 e. The normalized spacial score (nSPS) is 22.4. The number of carbonyl (C=O) groups excluding carboxylic acids is 2. The maximum Gasteiger partial charge on any atom is 0.303 e. The molecule has 0 bridgehead atoms. The smallest absolute Gasteiger partial charge is 0.303 e. The van der Waals surface area contributed by atoms with Crippen molar-refractivity contribution in [3.63, 3.8) is 0 Å². The minimum atomic E-state index is -0.844. The molecule has 0 spiro atoms. The van der Waals surface area contributed by atoms with E-state index in [4.69, 9.17) is 14.7 Å². The van der Waals surface area contributed by atoms with Crippen LogP contribution in [-0.4, -0.2) is 36.1 Å². The van der Waals surface area contributed by atoms with Gasteiger partial charge < -0.3 is 15.2 Å². The second-order valence-corrected chi connectivity index (χ2v) is 11.0. The van der Waals surface area contributed by atoms with Gasteiger partial charge in [0, 0.05) is 31.0 Å². The van der Waals surface area contributed by atoms with Gasteiger partial charge in [-0.15, -0.1) is 0 Å². The fourth-order valence-electron chi connectivity index (χ4n) is 6.54. The molecule has 3 N–H and O–H groups in total. The first-order chi connectivity index (χ1) is 18.4. The monoisotopic (exact) mass is 530 g/mol. The lowest BCUT2D eigenvalue weighted by atomic mass is 9.60. The van der Waals surface area contributed by atoms with E-state index in [-0.39, 0.29) is 18.2 Å². The van der Waals surface area contributed by atoms with E-state index in [0.717, 1.165) is 31.6 Å². The third kappa shape index (κ3) is 9.29. The molecule has 3 rings (SSSR count). The average Bonchev–Trinajstić information content (AvgIpc) is 3.34. The number of carbonyl (C=O) groups is 3. The van der Waals surface area contributed by atoms with Crippen molar-refractivity contribution in [2.45, 2.75) is 103 Å². The number of carboxylic acid groups (broad SMARTS) is 1. The highest BCUT2D eigenvalue weighted by Gasteiger charge is 2.48. The first-order valence-corrected chi connectivity index (χ1v) is 14.6. The zero-order chi connectivity index (χ0) is 27.2. The number of fused-ring (bicyclic) bond motifs is 1. The van der Waals surface area contributed by atoms with Crippen LogP contribution in [0.25, 0.3) is 0 Å². The van der Waals surface area contributed by atoms with Gasteiger partial charge in [0.15, 0.2) is 0 Å². The Labute approximate surface area is 227 Å². The SMILES string of the molecule is CC[C@]12CCCC1CCCC2CONC(=O)CCCCCCC(=O)Nc1cccc(OCCCC(=O)O)c1. The number of rotatable bonds is 17. The molecule has 38 heavy (non-hydrogen) atoms. The Hall–Kier alpha value is -2.61. The Morgan fingerprint density at radius 2 is 1.74 bits per heavy atom. The van der Waals surface area contributed by atoms with Crippen molar-refractivity contribution in [1.82, 2.24) is 5.48 Å². The summed E-state index contributed by atoms with van der Waals surface area (Å²) < 4.78 is 5.55. The summed E-state index contributed by atoms with van der Waals surface area (Å²) >= 11 is 0. The highest BCUT2D eigenvalue weighted by molar-refractivity contribution is 5.90. The summed E-state index contributed by atoms with van der Waals surface area (Å²) in [7, 11) is 0. The molecule has 2 aliphatic rings. The van der Waals surface area contributed by atoms with Crippen LogP contribution in [0.2, 0.25) is 0 Å². The number of aliphatic carboxylic acids is 1. The van der Waals surface area contributed by atoms with Gasteiger partial charge in [-0.25, -0.2) is 5.48 Å². The summed E-state index contributed by atoms with van der Waals surface area (Å²) in [5.74, 6) is 1.03. The van der Waals surface area contributed by atoms with Crippen LogP contribution in [0.1, 0.15) is 103 Å². The molecule has 0 radical (unpaired) electrons. The van der Waals surface area contributed by atoms with Gasteiger partial charge in [-0.2, -0.15) is 0 Å². The summed E-state index contributed by atoms with van der Waals surface area (Å²) in [6.07, 6.45) is 13.7. The van der Waals surface area contributed by atoms with Crippen molar-refractivity contribution in [3.8, 4) is 5.75 Å². The highest BCUT2D eigenvalue weighted by Crippen LogP contribution is 2.57. The standard InChI is InChI=1S/C30H46N2O6/c1-2-30-19-9-13-23(30)11-7-12-24(30)22-38-32-28(34)17-6-4-3-5-16-27(33)31-25-14-8-15-26(21-25)37-20-10-18-29(35)36/h8,14-15,21,23-24H,2-7,9-13,16-20,22H2,1H3,(H,31,33)(H,32,34)(H,35,36)/t23?,24?,30-/m0/s1. The Morgan fingerprint density at radius 3 is 2.50 bits per heavy atom. The molecule has 2 saturated carbocycles. The molecule has 8 heteroatoms. The molecular formula is C30H46N2O6. The van der Waals surface area contributed by atoms with Gasteiger partial charge in [-0.05, 0) is 80.8 Å². The van der Waals surface area contributed by atoms with E-state index in [1.54, 1.807) is 24.3 Å². The van der Waals surface area contributed by atoms with Crippen molar-refractivity contribution < 1.29 is 29.1 Å². The van der Waals surface area contributed by atoms with Crippen molar-refractivity contribution in [3.05, 3.63) is 24.3 Å². The second-order valence-electron chi connectivity index (χ2n) is 11.0. The molecule has 1 aromatic rings. The lowest BCUT2D eigenvalue weighted by molar-refractivity contribution is -0.138. The van der Waals surface area contributed by atoms with Gasteiger partial charge in [0.2, 0.25) is 11.8 Å². The van der Waals surface area contributed by atoms with Gasteiger partial charge in [-0.1, -0.05) is 38.7 Å². The number of nitrogens with one attached hydrogen (secondary N) is 2. The summed E-state index contributed by atoms with van der Waals surface area (Å²) in [4.78, 5) is 40.7. The first-order valence-electron chi connectivity index (χ1n) is 14.6. The van der Waals surface area contributed by atoms with Gasteiger partial charge in [-0.3, -0.25) is 19.2 Å². The minimum Gasteiger partial charge on any atom is -0.494 e. The van der Waals surface area contributed by atoms with E-state index in [1.807, 2.05) is 0 Å². The molecule has 1 aromatic carbocycles.